The molecular formula is C18H30N5O6PS. The number of aryl methyl sites for hydroxylation is 1. The van der Waals surface area contributed by atoms with Crippen LogP contribution in [0.4, 0.5) is 0 Å². The lowest BCUT2D eigenvalue weighted by Gasteiger charge is -2.39. The number of rotatable bonds is 6. The maximum atomic E-state index is 13.1. The first-order chi connectivity index (χ1) is 14.6. The highest BCUT2D eigenvalue weighted by atomic mass is 32.1. The molecule has 2 unspecified atom stereocenters. The standard InChI is InChI=1S/C18H30N5O6PS/c1-13-8-23(18(26)19-17(13)25)16-10-20(2)9-14(29-16)11-28-30(3,27)22-6-4-21(5-7-22)15(24)12-31/h8,14,16,31H,4-7,9-12H2,1-3H3,(H,19,25,26)/t14-,16?,30?/m0/s1. The number of piperazine rings is 1. The highest BCUT2D eigenvalue weighted by Gasteiger charge is 2.34. The molecule has 0 bridgehead atoms. The topological polar surface area (TPSA) is 117 Å². The number of aromatic amines is 1. The lowest BCUT2D eigenvalue weighted by Crippen LogP contribution is -2.49. The number of nitrogens with one attached hydrogen (secondary N) is 1. The van der Waals surface area contributed by atoms with Gasteiger partial charge >= 0.3 is 5.69 Å². The Morgan fingerprint density at radius 2 is 1.97 bits per heavy atom. The summed E-state index contributed by atoms with van der Waals surface area (Å²) in [6.45, 7) is 6.22. The van der Waals surface area contributed by atoms with Gasteiger partial charge in [0, 0.05) is 57.7 Å². The number of aromatic nitrogens is 2. The quantitative estimate of drug-likeness (QED) is 0.421. The summed E-state index contributed by atoms with van der Waals surface area (Å²) in [6, 6.07) is 0. The van der Waals surface area contributed by atoms with Crippen molar-refractivity contribution in [2.45, 2.75) is 19.3 Å². The predicted molar refractivity (Wildman–Crippen MR) is 119 cm³/mol. The molecule has 1 aromatic rings. The number of hydrogen-bond donors (Lipinski definition) is 2. The van der Waals surface area contributed by atoms with E-state index < -0.39 is 31.1 Å². The van der Waals surface area contributed by atoms with Crippen molar-refractivity contribution in [1.82, 2.24) is 24.0 Å². The van der Waals surface area contributed by atoms with Crippen LogP contribution in [0, 0.1) is 6.92 Å². The number of likely N-dealkylation sites (N-methyl/N-ethyl adjacent to an activating group) is 1. The van der Waals surface area contributed by atoms with E-state index in [2.05, 4.69) is 17.6 Å². The van der Waals surface area contributed by atoms with Crippen LogP contribution in [0.5, 0.6) is 0 Å². The normalized spacial score (nSPS) is 25.4. The predicted octanol–water partition coefficient (Wildman–Crippen LogP) is -0.412. The number of H-pyrrole nitrogens is 1. The molecule has 1 amide bonds. The van der Waals surface area contributed by atoms with Gasteiger partial charge in [-0.25, -0.2) is 9.46 Å². The fourth-order valence-electron chi connectivity index (χ4n) is 3.75. The maximum Gasteiger partial charge on any atom is 0.330 e. The lowest BCUT2D eigenvalue weighted by molar-refractivity contribution is -0.130. The van der Waals surface area contributed by atoms with Crippen LogP contribution in [0.15, 0.2) is 15.8 Å². The molecule has 0 spiro atoms. The zero-order chi connectivity index (χ0) is 22.8. The molecule has 3 atom stereocenters. The Labute approximate surface area is 186 Å². The smallest absolute Gasteiger partial charge is 0.330 e. The zero-order valence-electron chi connectivity index (χ0n) is 18.0. The third-order valence-corrected chi connectivity index (χ3v) is 7.87. The molecule has 2 saturated heterocycles. The van der Waals surface area contributed by atoms with Crippen molar-refractivity contribution in [3.8, 4) is 0 Å². The van der Waals surface area contributed by atoms with Crippen LogP contribution in [0.1, 0.15) is 11.8 Å². The second-order valence-electron chi connectivity index (χ2n) is 8.00. The van der Waals surface area contributed by atoms with Gasteiger partial charge in [-0.3, -0.25) is 28.6 Å². The van der Waals surface area contributed by atoms with Gasteiger partial charge < -0.3 is 14.2 Å². The minimum atomic E-state index is -3.07. The van der Waals surface area contributed by atoms with Crippen LogP contribution < -0.4 is 11.2 Å². The van der Waals surface area contributed by atoms with E-state index >= 15 is 0 Å². The van der Waals surface area contributed by atoms with E-state index in [0.29, 0.717) is 44.8 Å². The summed E-state index contributed by atoms with van der Waals surface area (Å²) in [5.74, 6) is 0.124. The number of carbonyl (C=O) groups excluding carboxylic acids is 1. The van der Waals surface area contributed by atoms with Crippen LogP contribution in [-0.4, -0.2) is 101 Å². The van der Waals surface area contributed by atoms with Crippen molar-refractivity contribution >= 4 is 26.1 Å². The molecule has 1 aromatic heterocycles. The van der Waals surface area contributed by atoms with Gasteiger partial charge in [0.05, 0.1) is 18.5 Å². The van der Waals surface area contributed by atoms with E-state index in [1.165, 1.54) is 10.8 Å². The summed E-state index contributed by atoms with van der Waals surface area (Å²) in [6.07, 6.45) is 0.491. The first-order valence-electron chi connectivity index (χ1n) is 10.1. The minimum absolute atomic E-state index is 0.0349. The first-order valence-corrected chi connectivity index (χ1v) is 12.8. The molecule has 0 aromatic carbocycles. The van der Waals surface area contributed by atoms with Crippen molar-refractivity contribution in [2.24, 2.45) is 0 Å². The van der Waals surface area contributed by atoms with Crippen LogP contribution >= 0.6 is 20.1 Å². The highest BCUT2D eigenvalue weighted by Crippen LogP contribution is 2.47. The van der Waals surface area contributed by atoms with Crippen LogP contribution in [0.2, 0.25) is 0 Å². The van der Waals surface area contributed by atoms with Crippen LogP contribution in [0.3, 0.4) is 0 Å². The Morgan fingerprint density at radius 1 is 1.29 bits per heavy atom. The largest absolute Gasteiger partial charge is 0.350 e. The molecule has 11 nitrogen and oxygen atoms in total. The number of hydrogen-bond acceptors (Lipinski definition) is 8. The molecule has 2 aliphatic rings. The summed E-state index contributed by atoms with van der Waals surface area (Å²) in [7, 11) is -1.18. The maximum absolute atomic E-state index is 13.1. The molecule has 13 heteroatoms. The Kier molecular flexibility index (Phi) is 7.82. The summed E-state index contributed by atoms with van der Waals surface area (Å²) in [5.41, 5.74) is -0.545. The van der Waals surface area contributed by atoms with Gasteiger partial charge in [0.25, 0.3) is 13.1 Å². The van der Waals surface area contributed by atoms with E-state index in [9.17, 15) is 18.9 Å². The number of nitrogens with zero attached hydrogens (tertiary/aromatic N) is 4. The van der Waals surface area contributed by atoms with E-state index in [0.717, 1.165) is 0 Å². The van der Waals surface area contributed by atoms with Crippen LogP contribution in [0.25, 0.3) is 0 Å². The van der Waals surface area contributed by atoms with Gasteiger partial charge in [0.15, 0.2) is 6.23 Å². The van der Waals surface area contributed by atoms with E-state index in [1.807, 2.05) is 11.9 Å². The molecule has 0 saturated carbocycles. The first kappa shape index (κ1) is 24.2. The third kappa shape index (κ3) is 5.88. The fraction of sp³-hybridized carbons (Fsp3) is 0.722. The monoisotopic (exact) mass is 475 g/mol. The van der Waals surface area contributed by atoms with Gasteiger partial charge in [-0.15, -0.1) is 0 Å². The number of ether oxygens (including phenoxy) is 1. The molecule has 31 heavy (non-hydrogen) atoms. The van der Waals surface area contributed by atoms with E-state index in [4.69, 9.17) is 9.26 Å². The molecule has 3 heterocycles. The summed E-state index contributed by atoms with van der Waals surface area (Å²) in [5, 5.41) is 0. The average molecular weight is 476 g/mol. The van der Waals surface area contributed by atoms with Gasteiger partial charge in [-0.2, -0.15) is 12.6 Å². The SMILES string of the molecule is Cc1cn(C2CN(C)C[C@@H](COP(C)(=O)N3CCN(C(=O)CS)CC3)O2)c(=O)[nH]c1=O. The van der Waals surface area contributed by atoms with Gasteiger partial charge in [-0.1, -0.05) is 0 Å². The van der Waals surface area contributed by atoms with Crippen molar-refractivity contribution < 1.29 is 18.6 Å². The average Bonchev–Trinajstić information content (AvgIpc) is 2.74. The summed E-state index contributed by atoms with van der Waals surface area (Å²) < 4.78 is 28.1. The molecule has 0 radical (unpaired) electrons. The Bertz CT molecular complexity index is 959. The minimum Gasteiger partial charge on any atom is -0.350 e. The fourth-order valence-corrected chi connectivity index (χ4v) is 5.47. The second kappa shape index (κ2) is 10.0. The van der Waals surface area contributed by atoms with Crippen molar-refractivity contribution in [3.63, 3.8) is 0 Å². The number of morpholine rings is 1. The Morgan fingerprint density at radius 3 is 2.61 bits per heavy atom. The van der Waals surface area contributed by atoms with Crippen LogP contribution in [-0.2, 0) is 18.6 Å². The van der Waals surface area contributed by atoms with Crippen molar-refractivity contribution in [3.05, 3.63) is 32.6 Å². The number of amides is 1. The zero-order valence-corrected chi connectivity index (χ0v) is 19.8. The van der Waals surface area contributed by atoms with E-state index in [-0.39, 0.29) is 18.3 Å². The Hall–Kier alpha value is -1.43. The number of carbonyl (C=O) groups is 1. The molecule has 2 fully saturated rings. The summed E-state index contributed by atoms with van der Waals surface area (Å²) >= 11 is 4.01. The summed E-state index contributed by atoms with van der Waals surface area (Å²) in [4.78, 5) is 41.6. The molecule has 3 rings (SSSR count). The molecule has 0 aliphatic carbocycles. The van der Waals surface area contributed by atoms with Crippen molar-refractivity contribution in [1.29, 1.82) is 0 Å². The lowest BCUT2D eigenvalue weighted by atomic mass is 10.2. The second-order valence-corrected chi connectivity index (χ2v) is 10.8. The highest BCUT2D eigenvalue weighted by molar-refractivity contribution is 7.81. The van der Waals surface area contributed by atoms with E-state index in [1.54, 1.807) is 23.2 Å². The molecular weight excluding hydrogens is 445 g/mol. The van der Waals surface area contributed by atoms with Gasteiger partial charge in [-0.05, 0) is 14.0 Å². The number of thiol groups is 1. The van der Waals surface area contributed by atoms with Gasteiger partial charge in [0.1, 0.15) is 0 Å². The molecule has 174 valence electrons. The molecule has 1 N–H and O–H groups in total. The Balaban J connectivity index is 1.60. The van der Waals surface area contributed by atoms with Crippen molar-refractivity contribution in [2.75, 3.05) is 65.3 Å². The van der Waals surface area contributed by atoms with Gasteiger partial charge in [0.2, 0.25) is 5.91 Å². The third-order valence-electron chi connectivity index (χ3n) is 5.55. The molecule has 2 aliphatic heterocycles.